The summed E-state index contributed by atoms with van der Waals surface area (Å²) < 4.78 is 84.2. The van der Waals surface area contributed by atoms with E-state index in [0.29, 0.717) is 25.7 Å². The lowest BCUT2D eigenvalue weighted by Crippen LogP contribution is -2.43. The second kappa shape index (κ2) is 7.73. The van der Waals surface area contributed by atoms with Crippen LogP contribution in [0.5, 0.6) is 5.75 Å². The van der Waals surface area contributed by atoms with Crippen LogP contribution in [0.2, 0.25) is 0 Å². The van der Waals surface area contributed by atoms with Crippen molar-refractivity contribution in [2.24, 2.45) is 17.3 Å². The molecule has 0 saturated heterocycles. The number of rotatable bonds is 2. The lowest BCUT2D eigenvalue weighted by molar-refractivity contribution is -0.204. The van der Waals surface area contributed by atoms with Gasteiger partial charge in [-0.15, -0.1) is 0 Å². The van der Waals surface area contributed by atoms with Gasteiger partial charge in [-0.1, -0.05) is 13.0 Å². The number of esters is 2. The molecule has 5 nitrogen and oxygen atoms in total. The van der Waals surface area contributed by atoms with E-state index >= 15 is 0 Å². The first-order valence-corrected chi connectivity index (χ1v) is 10.5. The number of ketones is 1. The summed E-state index contributed by atoms with van der Waals surface area (Å²) in [7, 11) is 0. The molecule has 180 valence electrons. The van der Waals surface area contributed by atoms with Crippen molar-refractivity contribution in [2.75, 3.05) is 0 Å². The number of aryl methyl sites for hydroxylation is 1. The van der Waals surface area contributed by atoms with E-state index in [9.17, 15) is 40.7 Å². The van der Waals surface area contributed by atoms with Gasteiger partial charge in [0.15, 0.2) is 11.9 Å². The third-order valence-corrected chi connectivity index (χ3v) is 7.33. The van der Waals surface area contributed by atoms with Gasteiger partial charge < -0.3 is 9.47 Å². The average molecular weight is 478 g/mol. The van der Waals surface area contributed by atoms with Crippen LogP contribution in [-0.2, 0) is 25.5 Å². The molecule has 3 aliphatic carbocycles. The van der Waals surface area contributed by atoms with Crippen LogP contribution < -0.4 is 4.74 Å². The second-order valence-corrected chi connectivity index (χ2v) is 9.11. The number of benzene rings is 1. The molecule has 0 spiro atoms. The maximum atomic E-state index is 12.9. The van der Waals surface area contributed by atoms with Crippen molar-refractivity contribution in [1.82, 2.24) is 0 Å². The summed E-state index contributed by atoms with van der Waals surface area (Å²) in [5.74, 6) is -5.80. The Balaban J connectivity index is 1.54. The Morgan fingerprint density at radius 1 is 1.03 bits per heavy atom. The van der Waals surface area contributed by atoms with Crippen molar-refractivity contribution < 1.29 is 50.2 Å². The van der Waals surface area contributed by atoms with Crippen molar-refractivity contribution in [3.63, 3.8) is 0 Å². The van der Waals surface area contributed by atoms with E-state index in [4.69, 9.17) is 0 Å². The molecule has 0 bridgehead atoms. The molecular formula is C22H20F6O5. The Hall–Kier alpha value is -2.59. The fraction of sp³-hybridized carbons (Fsp3) is 0.591. The first-order chi connectivity index (χ1) is 15.2. The molecule has 0 radical (unpaired) electrons. The van der Waals surface area contributed by atoms with Gasteiger partial charge in [0.1, 0.15) is 5.75 Å². The van der Waals surface area contributed by atoms with E-state index in [1.807, 2.05) is 0 Å². The van der Waals surface area contributed by atoms with E-state index in [1.165, 1.54) is 12.1 Å². The Kier molecular flexibility index (Phi) is 5.52. The van der Waals surface area contributed by atoms with Crippen LogP contribution in [-0.4, -0.2) is 36.2 Å². The molecule has 0 aromatic heterocycles. The van der Waals surface area contributed by atoms with Gasteiger partial charge in [-0.25, -0.2) is 9.59 Å². The van der Waals surface area contributed by atoms with Crippen LogP contribution in [0.15, 0.2) is 18.2 Å². The summed E-state index contributed by atoms with van der Waals surface area (Å²) in [5.41, 5.74) is 0.692. The highest BCUT2D eigenvalue weighted by Gasteiger charge is 2.60. The highest BCUT2D eigenvalue weighted by atomic mass is 19.4. The molecule has 1 aromatic rings. The van der Waals surface area contributed by atoms with E-state index in [0.717, 1.165) is 11.1 Å². The number of hydrogen-bond acceptors (Lipinski definition) is 5. The van der Waals surface area contributed by atoms with Gasteiger partial charge in [0.25, 0.3) is 0 Å². The predicted octanol–water partition coefficient (Wildman–Crippen LogP) is 4.66. The first-order valence-electron chi connectivity index (χ1n) is 10.5. The normalized spacial score (nSPS) is 31.3. The molecule has 0 heterocycles. The molecule has 3 aliphatic rings. The number of fused-ring (bicyclic) bond motifs is 5. The topological polar surface area (TPSA) is 69.7 Å². The summed E-state index contributed by atoms with van der Waals surface area (Å²) in [6.07, 6.45) is -9.79. The minimum Gasteiger partial charge on any atom is -0.448 e. The van der Waals surface area contributed by atoms with Crippen molar-refractivity contribution in [3.05, 3.63) is 29.3 Å². The van der Waals surface area contributed by atoms with Crippen LogP contribution in [0.25, 0.3) is 0 Å². The third-order valence-electron chi connectivity index (χ3n) is 7.33. The van der Waals surface area contributed by atoms with Crippen LogP contribution >= 0.6 is 0 Å². The number of carbonyl (C=O) groups is 3. The van der Waals surface area contributed by atoms with Crippen molar-refractivity contribution in [2.45, 2.75) is 63.4 Å². The first kappa shape index (κ1) is 23.6. The maximum Gasteiger partial charge on any atom is 0.491 e. The molecule has 2 fully saturated rings. The second-order valence-electron chi connectivity index (χ2n) is 9.11. The molecule has 11 heteroatoms. The zero-order chi connectivity index (χ0) is 24.3. The van der Waals surface area contributed by atoms with Crippen molar-refractivity contribution in [3.8, 4) is 5.75 Å². The summed E-state index contributed by atoms with van der Waals surface area (Å²) in [5, 5.41) is 0. The molecule has 0 unspecified atom stereocenters. The van der Waals surface area contributed by atoms with Gasteiger partial charge in [-0.3, -0.25) is 4.79 Å². The monoisotopic (exact) mass is 478 g/mol. The smallest absolute Gasteiger partial charge is 0.448 e. The Morgan fingerprint density at radius 3 is 2.33 bits per heavy atom. The van der Waals surface area contributed by atoms with Crippen LogP contribution in [0.4, 0.5) is 26.3 Å². The van der Waals surface area contributed by atoms with Crippen LogP contribution in [0.1, 0.15) is 49.7 Å². The minimum absolute atomic E-state index is 0.00886. The average Bonchev–Trinajstić information content (AvgIpc) is 2.97. The summed E-state index contributed by atoms with van der Waals surface area (Å²) in [6.45, 7) is 1.70. The standard InChI is InChI=1S/C22H20F6O5/c1-20-7-6-13-12-5-3-11(32-18(30)21(23,24)25)8-10(12)2-4-14(13)15(20)9-16(17(20)29)33-19(31)22(26,27)28/h3,5,8,13-16H,2,4,6-7,9H2,1H3/t13-,14-,15+,16+,20+/m1/s1. The largest absolute Gasteiger partial charge is 0.491 e. The SMILES string of the molecule is C[C@]12CC[C@@H]3c4ccc(OC(=O)C(F)(F)F)cc4CC[C@H]3[C@@H]1C[C@H](OC(=O)C(F)(F)F)C2=O. The van der Waals surface area contributed by atoms with Gasteiger partial charge in [-0.2, -0.15) is 26.3 Å². The molecule has 1 aromatic carbocycles. The zero-order valence-corrected chi connectivity index (χ0v) is 17.4. The van der Waals surface area contributed by atoms with E-state index in [1.54, 1.807) is 13.0 Å². The Morgan fingerprint density at radius 2 is 1.70 bits per heavy atom. The number of carbonyl (C=O) groups excluding carboxylic acids is 3. The third kappa shape index (κ3) is 4.10. The molecule has 5 atom stereocenters. The molecule has 2 saturated carbocycles. The van der Waals surface area contributed by atoms with Crippen molar-refractivity contribution in [1.29, 1.82) is 0 Å². The highest BCUT2D eigenvalue weighted by Crippen LogP contribution is 2.60. The van der Waals surface area contributed by atoms with Crippen LogP contribution in [0.3, 0.4) is 0 Å². The summed E-state index contributed by atoms with van der Waals surface area (Å²) in [4.78, 5) is 35.3. The highest BCUT2D eigenvalue weighted by molar-refractivity contribution is 5.93. The fourth-order valence-electron chi connectivity index (χ4n) is 5.85. The quantitative estimate of drug-likeness (QED) is 0.351. The van der Waals surface area contributed by atoms with E-state index < -0.39 is 41.6 Å². The summed E-state index contributed by atoms with van der Waals surface area (Å²) >= 11 is 0. The van der Waals surface area contributed by atoms with Gasteiger partial charge in [0, 0.05) is 5.41 Å². The van der Waals surface area contributed by atoms with Crippen LogP contribution in [0, 0.1) is 17.3 Å². The Labute approximate surface area is 184 Å². The number of alkyl halides is 6. The molecule has 0 amide bonds. The summed E-state index contributed by atoms with van der Waals surface area (Å²) in [6, 6.07) is 4.29. The minimum atomic E-state index is -5.19. The number of hydrogen-bond donors (Lipinski definition) is 0. The zero-order valence-electron chi connectivity index (χ0n) is 17.4. The number of Topliss-reactive ketones (excluding diaryl/α,β-unsaturated/α-hetero) is 1. The van der Waals surface area contributed by atoms with E-state index in [2.05, 4.69) is 9.47 Å². The van der Waals surface area contributed by atoms with Gasteiger partial charge in [0.2, 0.25) is 0 Å². The molecule has 4 rings (SSSR count). The Bertz CT molecular complexity index is 1000. The predicted molar refractivity (Wildman–Crippen MR) is 99.1 cm³/mol. The number of halogens is 6. The molecule has 33 heavy (non-hydrogen) atoms. The lowest BCUT2D eigenvalue weighted by Gasteiger charge is -2.48. The van der Waals surface area contributed by atoms with Crippen molar-refractivity contribution >= 4 is 17.7 Å². The van der Waals surface area contributed by atoms with Gasteiger partial charge in [-0.05, 0) is 73.1 Å². The fourth-order valence-corrected chi connectivity index (χ4v) is 5.85. The van der Waals surface area contributed by atoms with E-state index in [-0.39, 0.29) is 29.9 Å². The molecular weight excluding hydrogens is 458 g/mol. The lowest BCUT2D eigenvalue weighted by atomic mass is 9.55. The maximum absolute atomic E-state index is 12.9. The molecule has 0 aliphatic heterocycles. The van der Waals surface area contributed by atoms with Gasteiger partial charge >= 0.3 is 24.3 Å². The van der Waals surface area contributed by atoms with Gasteiger partial charge in [0.05, 0.1) is 0 Å². The number of ether oxygens (including phenoxy) is 2. The molecule has 0 N–H and O–H groups in total.